The molecule has 4 heteroatoms. The van der Waals surface area contributed by atoms with Gasteiger partial charge in [-0.25, -0.2) is 9.97 Å². The molecule has 0 radical (unpaired) electrons. The number of imidazole rings is 1. The van der Waals surface area contributed by atoms with Crippen molar-refractivity contribution in [2.45, 2.75) is 13.5 Å². The molecule has 0 fully saturated rings. The summed E-state index contributed by atoms with van der Waals surface area (Å²) in [5.41, 5.74) is 2.95. The van der Waals surface area contributed by atoms with Crippen LogP contribution < -0.4 is 0 Å². The van der Waals surface area contributed by atoms with Crippen LogP contribution in [-0.2, 0) is 6.54 Å². The van der Waals surface area contributed by atoms with E-state index in [-0.39, 0.29) is 0 Å². The van der Waals surface area contributed by atoms with Crippen LogP contribution in [0.4, 0.5) is 0 Å². The van der Waals surface area contributed by atoms with E-state index in [0.717, 1.165) is 18.1 Å². The van der Waals surface area contributed by atoms with Crippen LogP contribution in [0.2, 0.25) is 0 Å². The van der Waals surface area contributed by atoms with Crippen molar-refractivity contribution < 1.29 is 0 Å². The smallest absolute Gasteiger partial charge is 0.105 e. The van der Waals surface area contributed by atoms with Crippen molar-refractivity contribution in [1.82, 2.24) is 14.5 Å². The third-order valence-electron chi connectivity index (χ3n) is 1.74. The van der Waals surface area contributed by atoms with Crippen molar-refractivity contribution in [3.8, 4) is 0 Å². The second-order valence-corrected chi connectivity index (χ2v) is 3.30. The Hall–Kier alpha value is -1.16. The minimum atomic E-state index is 0.829. The molecule has 0 saturated heterocycles. The van der Waals surface area contributed by atoms with Crippen LogP contribution in [0.5, 0.6) is 0 Å². The van der Waals surface area contributed by atoms with Gasteiger partial charge in [-0.2, -0.15) is 0 Å². The highest BCUT2D eigenvalue weighted by atomic mass is 32.1. The van der Waals surface area contributed by atoms with Gasteiger partial charge < -0.3 is 4.57 Å². The first-order valence-electron chi connectivity index (χ1n) is 3.71. The van der Waals surface area contributed by atoms with E-state index >= 15 is 0 Å². The summed E-state index contributed by atoms with van der Waals surface area (Å²) in [5, 5.41) is 2.06. The summed E-state index contributed by atoms with van der Waals surface area (Å²) < 4.78 is 2.08. The molecule has 12 heavy (non-hydrogen) atoms. The van der Waals surface area contributed by atoms with Crippen molar-refractivity contribution in [1.29, 1.82) is 0 Å². The summed E-state index contributed by atoms with van der Waals surface area (Å²) in [5.74, 6) is 1.03. The third kappa shape index (κ3) is 1.38. The van der Waals surface area contributed by atoms with Gasteiger partial charge in [0.1, 0.15) is 5.82 Å². The number of thiazole rings is 1. The molecule has 62 valence electrons. The number of aromatic nitrogens is 3. The summed E-state index contributed by atoms with van der Waals surface area (Å²) >= 11 is 1.62. The average molecular weight is 179 g/mol. The molecule has 0 amide bonds. The summed E-state index contributed by atoms with van der Waals surface area (Å²) in [6.07, 6.45) is 3.77. The van der Waals surface area contributed by atoms with E-state index in [2.05, 4.69) is 19.9 Å². The van der Waals surface area contributed by atoms with Crippen LogP contribution in [0.25, 0.3) is 0 Å². The molecule has 0 aromatic carbocycles. The number of rotatable bonds is 2. The molecule has 0 atom stereocenters. The minimum Gasteiger partial charge on any atom is -0.329 e. The van der Waals surface area contributed by atoms with E-state index in [1.54, 1.807) is 11.3 Å². The minimum absolute atomic E-state index is 0.829. The molecule has 0 N–H and O–H groups in total. The lowest BCUT2D eigenvalue weighted by atomic mass is 10.5. The Morgan fingerprint density at radius 3 is 3.00 bits per heavy atom. The Labute approximate surface area is 74.7 Å². The van der Waals surface area contributed by atoms with Gasteiger partial charge >= 0.3 is 0 Å². The normalized spacial score (nSPS) is 10.4. The van der Waals surface area contributed by atoms with E-state index in [1.807, 2.05) is 24.8 Å². The van der Waals surface area contributed by atoms with Gasteiger partial charge in [-0.3, -0.25) is 0 Å². The van der Waals surface area contributed by atoms with Crippen molar-refractivity contribution in [3.63, 3.8) is 0 Å². The molecule has 0 aliphatic rings. The molecular weight excluding hydrogens is 170 g/mol. The molecule has 0 spiro atoms. The molecule has 0 aliphatic heterocycles. The molecule has 0 bridgehead atoms. The van der Waals surface area contributed by atoms with Crippen LogP contribution in [0.1, 0.15) is 11.5 Å². The lowest BCUT2D eigenvalue weighted by Gasteiger charge is -2.00. The first-order chi connectivity index (χ1) is 5.86. The fourth-order valence-corrected chi connectivity index (χ4v) is 1.61. The number of aryl methyl sites for hydroxylation is 1. The Bertz CT molecular complexity index is 350. The molecule has 3 nitrogen and oxygen atoms in total. The zero-order valence-corrected chi connectivity index (χ0v) is 7.58. The molecule has 0 unspecified atom stereocenters. The maximum absolute atomic E-state index is 4.20. The second-order valence-electron chi connectivity index (χ2n) is 2.58. The molecule has 0 saturated carbocycles. The zero-order valence-electron chi connectivity index (χ0n) is 6.77. The number of nitrogens with zero attached hydrogens (tertiary/aromatic N) is 3. The molecule has 0 aliphatic carbocycles. The Morgan fingerprint density at radius 2 is 2.42 bits per heavy atom. The van der Waals surface area contributed by atoms with E-state index in [9.17, 15) is 0 Å². The predicted octanol–water partition coefficient (Wildman–Crippen LogP) is 1.70. The van der Waals surface area contributed by atoms with Gasteiger partial charge in [-0.15, -0.1) is 11.3 Å². The van der Waals surface area contributed by atoms with E-state index in [1.165, 1.54) is 0 Å². The van der Waals surface area contributed by atoms with Gasteiger partial charge in [0.25, 0.3) is 0 Å². The van der Waals surface area contributed by atoms with E-state index in [4.69, 9.17) is 0 Å². The highest BCUT2D eigenvalue weighted by molar-refractivity contribution is 7.07. The quantitative estimate of drug-likeness (QED) is 0.702. The average Bonchev–Trinajstić information content (AvgIpc) is 2.65. The van der Waals surface area contributed by atoms with Gasteiger partial charge in [0, 0.05) is 17.8 Å². The Kier molecular flexibility index (Phi) is 1.91. The third-order valence-corrected chi connectivity index (χ3v) is 2.37. The van der Waals surface area contributed by atoms with Crippen molar-refractivity contribution in [3.05, 3.63) is 34.8 Å². The highest BCUT2D eigenvalue weighted by Crippen LogP contribution is 2.05. The standard InChI is InChI=1S/C8H9N3S/c1-7-9-2-3-11(7)4-8-5-12-6-10-8/h2-3,5-6H,4H2,1H3. The lowest BCUT2D eigenvalue weighted by Crippen LogP contribution is -2.00. The molecule has 2 aromatic rings. The monoisotopic (exact) mass is 179 g/mol. The lowest BCUT2D eigenvalue weighted by molar-refractivity contribution is 0.746. The topological polar surface area (TPSA) is 30.7 Å². The molecule has 2 rings (SSSR count). The Balaban J connectivity index is 2.20. The van der Waals surface area contributed by atoms with Gasteiger partial charge in [-0.05, 0) is 6.92 Å². The number of hydrogen-bond acceptors (Lipinski definition) is 3. The molecule has 2 heterocycles. The second kappa shape index (κ2) is 3.06. The van der Waals surface area contributed by atoms with Crippen LogP contribution in [0.15, 0.2) is 23.3 Å². The zero-order chi connectivity index (χ0) is 8.39. The maximum atomic E-state index is 4.20. The van der Waals surface area contributed by atoms with E-state index < -0.39 is 0 Å². The summed E-state index contributed by atoms with van der Waals surface area (Å²) in [4.78, 5) is 8.34. The van der Waals surface area contributed by atoms with Crippen LogP contribution in [0, 0.1) is 6.92 Å². The maximum Gasteiger partial charge on any atom is 0.105 e. The molecule has 2 aromatic heterocycles. The first kappa shape index (κ1) is 7.49. The highest BCUT2D eigenvalue weighted by Gasteiger charge is 1.98. The van der Waals surface area contributed by atoms with Crippen molar-refractivity contribution >= 4 is 11.3 Å². The van der Waals surface area contributed by atoms with Gasteiger partial charge in [0.05, 0.1) is 17.7 Å². The molecular formula is C8H9N3S. The fraction of sp³-hybridized carbons (Fsp3) is 0.250. The van der Waals surface area contributed by atoms with Gasteiger partial charge in [0.15, 0.2) is 0 Å². The van der Waals surface area contributed by atoms with Gasteiger partial charge in [0.2, 0.25) is 0 Å². The predicted molar refractivity (Wildman–Crippen MR) is 48.2 cm³/mol. The van der Waals surface area contributed by atoms with Crippen LogP contribution in [-0.4, -0.2) is 14.5 Å². The summed E-state index contributed by atoms with van der Waals surface area (Å²) in [7, 11) is 0. The first-order valence-corrected chi connectivity index (χ1v) is 4.65. The van der Waals surface area contributed by atoms with Crippen molar-refractivity contribution in [2.24, 2.45) is 0 Å². The SMILES string of the molecule is Cc1nccn1Cc1cscn1. The number of hydrogen-bond donors (Lipinski definition) is 0. The van der Waals surface area contributed by atoms with E-state index in [0.29, 0.717) is 0 Å². The van der Waals surface area contributed by atoms with Crippen molar-refractivity contribution in [2.75, 3.05) is 0 Å². The largest absolute Gasteiger partial charge is 0.329 e. The fourth-order valence-electron chi connectivity index (χ4n) is 1.06. The summed E-state index contributed by atoms with van der Waals surface area (Å²) in [6, 6.07) is 0. The van der Waals surface area contributed by atoms with Crippen LogP contribution >= 0.6 is 11.3 Å². The van der Waals surface area contributed by atoms with Gasteiger partial charge in [-0.1, -0.05) is 0 Å². The summed E-state index contributed by atoms with van der Waals surface area (Å²) in [6.45, 7) is 2.82. The van der Waals surface area contributed by atoms with Crippen LogP contribution in [0.3, 0.4) is 0 Å². The Morgan fingerprint density at radius 1 is 1.50 bits per heavy atom.